The number of benzene rings is 1. The Hall–Kier alpha value is -3.55. The summed E-state index contributed by atoms with van der Waals surface area (Å²) >= 11 is 0. The van der Waals surface area contributed by atoms with Crippen molar-refractivity contribution >= 4 is 0 Å². The molecule has 8 heteroatoms. The van der Waals surface area contributed by atoms with E-state index in [2.05, 4.69) is 48.3 Å². The van der Waals surface area contributed by atoms with Crippen LogP contribution in [0.4, 0.5) is 0 Å². The van der Waals surface area contributed by atoms with Crippen molar-refractivity contribution in [1.29, 1.82) is 0 Å². The van der Waals surface area contributed by atoms with E-state index in [0.29, 0.717) is 12.4 Å². The maximum absolute atomic E-state index is 13.2. The van der Waals surface area contributed by atoms with Crippen LogP contribution in [0.15, 0.2) is 47.4 Å². The molecule has 0 saturated carbocycles. The quantitative estimate of drug-likeness (QED) is 0.381. The highest BCUT2D eigenvalue weighted by Crippen LogP contribution is 2.28. The molecule has 1 aromatic carbocycles. The smallest absolute Gasteiger partial charge is 0.294 e. The van der Waals surface area contributed by atoms with Crippen molar-refractivity contribution < 1.29 is 0 Å². The summed E-state index contributed by atoms with van der Waals surface area (Å²) in [6.45, 7) is 8.90. The molecule has 172 valence electrons. The van der Waals surface area contributed by atoms with Crippen LogP contribution < -0.4 is 5.69 Å². The van der Waals surface area contributed by atoms with Crippen LogP contribution in [-0.4, -0.2) is 34.7 Å². The molecule has 0 aliphatic rings. The van der Waals surface area contributed by atoms with Crippen LogP contribution >= 0.6 is 0 Å². The van der Waals surface area contributed by atoms with Gasteiger partial charge in [0.25, 0.3) is 0 Å². The molecule has 0 fully saturated rings. The van der Waals surface area contributed by atoms with E-state index in [0.717, 1.165) is 59.5 Å². The summed E-state index contributed by atoms with van der Waals surface area (Å²) in [5, 5.41) is 14.2. The third-order valence-electron chi connectivity index (χ3n) is 6.04. The van der Waals surface area contributed by atoms with E-state index in [1.54, 1.807) is 0 Å². The number of pyridine rings is 1. The second-order valence-corrected chi connectivity index (χ2v) is 8.67. The molecule has 1 N–H and O–H groups in total. The summed E-state index contributed by atoms with van der Waals surface area (Å²) in [5.41, 5.74) is 5.93. The van der Waals surface area contributed by atoms with Gasteiger partial charge in [0, 0.05) is 34.8 Å². The summed E-state index contributed by atoms with van der Waals surface area (Å²) in [6.07, 6.45) is 6.18. The third-order valence-corrected chi connectivity index (χ3v) is 6.04. The average molecular weight is 446 g/mol. The van der Waals surface area contributed by atoms with Crippen LogP contribution in [0.3, 0.4) is 0 Å². The monoisotopic (exact) mass is 445 g/mol. The second kappa shape index (κ2) is 9.94. The van der Waals surface area contributed by atoms with E-state index in [1.807, 2.05) is 51.7 Å². The topological polar surface area (TPSA) is 94.3 Å². The molecule has 0 saturated heterocycles. The van der Waals surface area contributed by atoms with Gasteiger partial charge in [-0.1, -0.05) is 50.1 Å². The number of aromatic nitrogens is 7. The number of nitrogens with zero attached hydrogens (tertiary/aromatic N) is 6. The second-order valence-electron chi connectivity index (χ2n) is 8.67. The van der Waals surface area contributed by atoms with Crippen LogP contribution in [0.1, 0.15) is 63.0 Å². The number of rotatable bonds is 9. The van der Waals surface area contributed by atoms with Gasteiger partial charge in [0.2, 0.25) is 0 Å². The molecule has 0 radical (unpaired) electrons. The van der Waals surface area contributed by atoms with Crippen LogP contribution in [0.25, 0.3) is 22.6 Å². The minimum absolute atomic E-state index is 0.0567. The van der Waals surface area contributed by atoms with Crippen LogP contribution in [0.5, 0.6) is 0 Å². The molecule has 3 aromatic heterocycles. The first-order valence-electron chi connectivity index (χ1n) is 11.6. The molecule has 0 aliphatic heterocycles. The minimum atomic E-state index is 0.0567. The predicted octanol–water partition coefficient (Wildman–Crippen LogP) is 4.56. The maximum atomic E-state index is 13.2. The molecule has 0 unspecified atom stereocenters. The van der Waals surface area contributed by atoms with Gasteiger partial charge in [-0.15, -0.1) is 5.10 Å². The van der Waals surface area contributed by atoms with Crippen molar-refractivity contribution in [3.05, 3.63) is 70.0 Å². The number of nitrogens with one attached hydrogen (secondary N) is 1. The van der Waals surface area contributed by atoms with Crippen molar-refractivity contribution in [3.8, 4) is 22.6 Å². The minimum Gasteiger partial charge on any atom is -0.294 e. The SMILES string of the molecule is CCCCCc1c(C)n(C(C)C)c(=O)n1Cc1ccc(-c2ccccc2-c2nnn[nH]2)nc1. The van der Waals surface area contributed by atoms with Gasteiger partial charge in [-0.3, -0.25) is 14.1 Å². The Labute approximate surface area is 193 Å². The zero-order valence-electron chi connectivity index (χ0n) is 19.7. The standard InChI is InChI=1S/C25H31N7O/c1-5-6-7-12-23-18(4)32(17(2)3)25(33)31(23)16-19-13-14-22(26-15-19)20-10-8-9-11-21(20)24-27-29-30-28-24/h8-11,13-15,17H,5-7,12,16H2,1-4H3,(H,27,28,29,30). The molecule has 4 aromatic rings. The Morgan fingerprint density at radius 3 is 2.48 bits per heavy atom. The zero-order valence-corrected chi connectivity index (χ0v) is 19.7. The molecule has 0 spiro atoms. The lowest BCUT2D eigenvalue weighted by Gasteiger charge is -2.10. The Morgan fingerprint density at radius 1 is 1.06 bits per heavy atom. The molecule has 33 heavy (non-hydrogen) atoms. The first-order chi connectivity index (χ1) is 16.0. The summed E-state index contributed by atoms with van der Waals surface area (Å²) in [4.78, 5) is 17.9. The highest BCUT2D eigenvalue weighted by molar-refractivity contribution is 5.78. The number of unbranched alkanes of at least 4 members (excludes halogenated alkanes) is 2. The van der Waals surface area contributed by atoms with Crippen molar-refractivity contribution in [2.45, 2.75) is 66.0 Å². The molecular weight excluding hydrogens is 414 g/mol. The first kappa shape index (κ1) is 22.6. The molecule has 8 nitrogen and oxygen atoms in total. The largest absolute Gasteiger partial charge is 0.329 e. The summed E-state index contributed by atoms with van der Waals surface area (Å²) in [5.74, 6) is 0.602. The van der Waals surface area contributed by atoms with Crippen LogP contribution in [0, 0.1) is 6.92 Å². The Balaban J connectivity index is 1.65. The van der Waals surface area contributed by atoms with Gasteiger partial charge in [0.05, 0.1) is 12.2 Å². The van der Waals surface area contributed by atoms with E-state index in [-0.39, 0.29) is 11.7 Å². The fraction of sp³-hybridized carbons (Fsp3) is 0.400. The Bertz CT molecular complexity index is 1250. The van der Waals surface area contributed by atoms with Crippen molar-refractivity contribution in [3.63, 3.8) is 0 Å². The fourth-order valence-corrected chi connectivity index (χ4v) is 4.40. The van der Waals surface area contributed by atoms with Gasteiger partial charge in [-0.25, -0.2) is 9.89 Å². The van der Waals surface area contributed by atoms with Gasteiger partial charge in [0.15, 0.2) is 5.82 Å². The Morgan fingerprint density at radius 2 is 1.85 bits per heavy atom. The van der Waals surface area contributed by atoms with Crippen LogP contribution in [-0.2, 0) is 13.0 Å². The van der Waals surface area contributed by atoms with Gasteiger partial charge < -0.3 is 0 Å². The molecule has 0 atom stereocenters. The van der Waals surface area contributed by atoms with Crippen molar-refractivity contribution in [1.82, 2.24) is 34.7 Å². The highest BCUT2D eigenvalue weighted by Gasteiger charge is 2.19. The first-order valence-corrected chi connectivity index (χ1v) is 11.6. The summed E-state index contributed by atoms with van der Waals surface area (Å²) < 4.78 is 3.83. The number of hydrogen-bond acceptors (Lipinski definition) is 5. The van der Waals surface area contributed by atoms with E-state index in [9.17, 15) is 4.79 Å². The maximum Gasteiger partial charge on any atom is 0.329 e. The van der Waals surface area contributed by atoms with Crippen molar-refractivity contribution in [2.75, 3.05) is 0 Å². The number of H-pyrrole nitrogens is 1. The normalized spacial score (nSPS) is 11.4. The zero-order chi connectivity index (χ0) is 23.4. The van der Waals surface area contributed by atoms with E-state index in [4.69, 9.17) is 4.98 Å². The predicted molar refractivity (Wildman–Crippen MR) is 129 cm³/mol. The van der Waals surface area contributed by atoms with E-state index >= 15 is 0 Å². The molecule has 0 bridgehead atoms. The highest BCUT2D eigenvalue weighted by atomic mass is 16.1. The van der Waals surface area contributed by atoms with Crippen molar-refractivity contribution in [2.24, 2.45) is 0 Å². The average Bonchev–Trinajstić information content (AvgIpc) is 3.43. The number of imidazole rings is 1. The summed E-state index contributed by atoms with van der Waals surface area (Å²) in [7, 11) is 0. The summed E-state index contributed by atoms with van der Waals surface area (Å²) in [6, 6.07) is 12.1. The molecule has 3 heterocycles. The number of hydrogen-bond donors (Lipinski definition) is 1. The van der Waals surface area contributed by atoms with Gasteiger partial charge >= 0.3 is 5.69 Å². The third kappa shape index (κ3) is 4.65. The lowest BCUT2D eigenvalue weighted by molar-refractivity contribution is 0.550. The van der Waals surface area contributed by atoms with E-state index < -0.39 is 0 Å². The molecule has 4 rings (SSSR count). The lowest BCUT2D eigenvalue weighted by atomic mass is 10.0. The number of tetrazole rings is 1. The fourth-order valence-electron chi connectivity index (χ4n) is 4.40. The van der Waals surface area contributed by atoms with Gasteiger partial charge in [-0.2, -0.15) is 0 Å². The molecule has 0 amide bonds. The molecule has 0 aliphatic carbocycles. The van der Waals surface area contributed by atoms with Crippen LogP contribution in [0.2, 0.25) is 0 Å². The van der Waals surface area contributed by atoms with Gasteiger partial charge in [-0.05, 0) is 55.7 Å². The Kier molecular flexibility index (Phi) is 6.82. The van der Waals surface area contributed by atoms with Gasteiger partial charge in [0.1, 0.15) is 0 Å². The van der Waals surface area contributed by atoms with E-state index in [1.165, 1.54) is 0 Å². The number of aromatic amines is 1. The molecular formula is C25H31N7O. The lowest BCUT2D eigenvalue weighted by Crippen LogP contribution is -2.27.